The second-order valence-corrected chi connectivity index (χ2v) is 4.17. The van der Waals surface area contributed by atoms with Gasteiger partial charge in [-0.25, -0.2) is 9.59 Å². The lowest BCUT2D eigenvalue weighted by molar-refractivity contribution is -0.133. The van der Waals surface area contributed by atoms with Gasteiger partial charge in [0.2, 0.25) is 0 Å². The maximum atomic E-state index is 10.4. The lowest BCUT2D eigenvalue weighted by atomic mass is 10.1. The molecule has 0 aliphatic carbocycles. The van der Waals surface area contributed by atoms with Crippen molar-refractivity contribution < 1.29 is 24.5 Å². The fourth-order valence-corrected chi connectivity index (χ4v) is 1.31. The van der Waals surface area contributed by atoms with Crippen molar-refractivity contribution in [2.75, 3.05) is 6.61 Å². The van der Waals surface area contributed by atoms with E-state index in [1.165, 1.54) is 6.92 Å². The number of ether oxygens (including phenoxy) is 1. The van der Waals surface area contributed by atoms with Crippen molar-refractivity contribution in [1.82, 2.24) is 0 Å². The lowest BCUT2D eigenvalue weighted by Crippen LogP contribution is -2.07. The van der Waals surface area contributed by atoms with E-state index in [0.29, 0.717) is 6.42 Å². The van der Waals surface area contributed by atoms with Crippen LogP contribution in [0.2, 0.25) is 0 Å². The first-order chi connectivity index (χ1) is 8.34. The fourth-order valence-electron chi connectivity index (χ4n) is 1.31. The predicted molar refractivity (Wildman–Crippen MR) is 67.4 cm³/mol. The standard InChI is InChI=1S/C9H14O3.C4H6O2/c1-7(9(10)11)4-5-8-3-2-6-12-8;1-3(2)4(5)6/h8H,1-6H2,(H,10,11);1H2,2H3,(H,5,6). The minimum Gasteiger partial charge on any atom is -0.478 e. The number of carboxylic acids is 2. The van der Waals surface area contributed by atoms with Crippen molar-refractivity contribution in [2.45, 2.75) is 38.7 Å². The summed E-state index contributed by atoms with van der Waals surface area (Å²) in [5, 5.41) is 16.4. The molecule has 1 saturated heterocycles. The van der Waals surface area contributed by atoms with Crippen LogP contribution in [0.25, 0.3) is 0 Å². The molecule has 1 aliphatic heterocycles. The lowest BCUT2D eigenvalue weighted by Gasteiger charge is -2.07. The van der Waals surface area contributed by atoms with Crippen molar-refractivity contribution >= 4 is 11.9 Å². The number of aliphatic carboxylic acids is 2. The summed E-state index contributed by atoms with van der Waals surface area (Å²) in [6.07, 6.45) is 3.77. The molecule has 5 heteroatoms. The van der Waals surface area contributed by atoms with E-state index in [1.54, 1.807) is 0 Å². The van der Waals surface area contributed by atoms with E-state index in [0.717, 1.165) is 25.9 Å². The quantitative estimate of drug-likeness (QED) is 0.737. The molecule has 1 unspecified atom stereocenters. The van der Waals surface area contributed by atoms with Gasteiger partial charge in [0.25, 0.3) is 0 Å². The molecule has 0 spiro atoms. The largest absolute Gasteiger partial charge is 0.478 e. The third-order valence-electron chi connectivity index (χ3n) is 2.46. The van der Waals surface area contributed by atoms with Gasteiger partial charge in [-0.1, -0.05) is 13.2 Å². The Labute approximate surface area is 107 Å². The molecular formula is C13H20O5. The summed E-state index contributed by atoms with van der Waals surface area (Å²) < 4.78 is 5.35. The molecule has 1 aliphatic rings. The SMILES string of the molecule is C=C(C)C(=O)O.C=C(CCC1CCCO1)C(=O)O. The van der Waals surface area contributed by atoms with Gasteiger partial charge in [0.1, 0.15) is 0 Å². The van der Waals surface area contributed by atoms with Crippen LogP contribution >= 0.6 is 0 Å². The van der Waals surface area contributed by atoms with Crippen molar-refractivity contribution in [3.8, 4) is 0 Å². The van der Waals surface area contributed by atoms with E-state index in [-0.39, 0.29) is 17.3 Å². The van der Waals surface area contributed by atoms with Crippen LogP contribution in [0, 0.1) is 0 Å². The Morgan fingerprint density at radius 2 is 1.83 bits per heavy atom. The second kappa shape index (κ2) is 8.47. The topological polar surface area (TPSA) is 83.8 Å². The van der Waals surface area contributed by atoms with Gasteiger partial charge in [0.15, 0.2) is 0 Å². The zero-order valence-corrected chi connectivity index (χ0v) is 10.6. The smallest absolute Gasteiger partial charge is 0.330 e. The van der Waals surface area contributed by atoms with E-state index in [4.69, 9.17) is 14.9 Å². The molecule has 0 aromatic rings. The molecule has 1 atom stereocenters. The highest BCUT2D eigenvalue weighted by molar-refractivity contribution is 5.85. The summed E-state index contributed by atoms with van der Waals surface area (Å²) in [7, 11) is 0. The minimum absolute atomic E-state index is 0.176. The maximum Gasteiger partial charge on any atom is 0.330 e. The van der Waals surface area contributed by atoms with Crippen molar-refractivity contribution in [2.24, 2.45) is 0 Å². The van der Waals surface area contributed by atoms with Crippen LogP contribution in [0.1, 0.15) is 32.6 Å². The van der Waals surface area contributed by atoms with Gasteiger partial charge in [-0.2, -0.15) is 0 Å². The predicted octanol–water partition coefficient (Wildman–Crippen LogP) is 2.23. The van der Waals surface area contributed by atoms with Crippen molar-refractivity contribution in [3.63, 3.8) is 0 Å². The summed E-state index contributed by atoms with van der Waals surface area (Å²) in [5.74, 6) is -1.83. The van der Waals surface area contributed by atoms with Crippen LogP contribution in [0.15, 0.2) is 24.3 Å². The Kier molecular flexibility index (Phi) is 7.71. The molecule has 2 N–H and O–H groups in total. The van der Waals surface area contributed by atoms with E-state index in [9.17, 15) is 9.59 Å². The molecular weight excluding hydrogens is 236 g/mol. The molecule has 1 heterocycles. The van der Waals surface area contributed by atoms with Crippen molar-refractivity contribution in [3.05, 3.63) is 24.3 Å². The first-order valence-corrected chi connectivity index (χ1v) is 5.76. The summed E-state index contributed by atoms with van der Waals surface area (Å²) in [6.45, 7) is 8.89. The Hall–Kier alpha value is -1.62. The Bertz CT molecular complexity index is 314. The molecule has 0 saturated carbocycles. The highest BCUT2D eigenvalue weighted by Crippen LogP contribution is 2.18. The van der Waals surface area contributed by atoms with Crippen LogP contribution in [0.4, 0.5) is 0 Å². The van der Waals surface area contributed by atoms with Gasteiger partial charge in [-0.15, -0.1) is 0 Å². The molecule has 0 aromatic carbocycles. The van der Waals surface area contributed by atoms with Crippen LogP contribution < -0.4 is 0 Å². The molecule has 18 heavy (non-hydrogen) atoms. The molecule has 0 bridgehead atoms. The van der Waals surface area contributed by atoms with Gasteiger partial charge in [0, 0.05) is 17.8 Å². The zero-order valence-electron chi connectivity index (χ0n) is 10.6. The molecule has 0 amide bonds. The van der Waals surface area contributed by atoms with Crippen molar-refractivity contribution in [1.29, 1.82) is 0 Å². The fraction of sp³-hybridized carbons (Fsp3) is 0.538. The average Bonchev–Trinajstić information content (AvgIpc) is 2.79. The van der Waals surface area contributed by atoms with Gasteiger partial charge in [-0.3, -0.25) is 0 Å². The second-order valence-electron chi connectivity index (χ2n) is 4.17. The number of rotatable bonds is 5. The van der Waals surface area contributed by atoms with Gasteiger partial charge >= 0.3 is 11.9 Å². The molecule has 102 valence electrons. The van der Waals surface area contributed by atoms with Gasteiger partial charge in [0.05, 0.1) is 6.10 Å². The summed E-state index contributed by atoms with van der Waals surface area (Å²) in [4.78, 5) is 20.0. The minimum atomic E-state index is -0.935. The monoisotopic (exact) mass is 256 g/mol. The number of carbonyl (C=O) groups is 2. The Morgan fingerprint density at radius 1 is 1.28 bits per heavy atom. The number of carboxylic acid groups (broad SMARTS) is 2. The van der Waals surface area contributed by atoms with Crippen LogP contribution in [-0.2, 0) is 14.3 Å². The zero-order chi connectivity index (χ0) is 14.1. The molecule has 5 nitrogen and oxygen atoms in total. The number of hydrogen-bond acceptors (Lipinski definition) is 3. The first-order valence-electron chi connectivity index (χ1n) is 5.76. The third kappa shape index (κ3) is 7.62. The van der Waals surface area contributed by atoms with Crippen LogP contribution in [0.5, 0.6) is 0 Å². The highest BCUT2D eigenvalue weighted by atomic mass is 16.5. The van der Waals surface area contributed by atoms with Crippen LogP contribution in [0.3, 0.4) is 0 Å². The van der Waals surface area contributed by atoms with E-state index in [2.05, 4.69) is 13.2 Å². The summed E-state index contributed by atoms with van der Waals surface area (Å²) >= 11 is 0. The van der Waals surface area contributed by atoms with Gasteiger partial charge in [-0.05, 0) is 32.6 Å². The molecule has 0 aromatic heterocycles. The Morgan fingerprint density at radius 3 is 2.17 bits per heavy atom. The first kappa shape index (κ1) is 16.4. The van der Waals surface area contributed by atoms with E-state index < -0.39 is 11.9 Å². The maximum absolute atomic E-state index is 10.4. The highest BCUT2D eigenvalue weighted by Gasteiger charge is 2.16. The molecule has 0 radical (unpaired) electrons. The summed E-state index contributed by atoms with van der Waals surface area (Å²) in [5.41, 5.74) is 0.459. The summed E-state index contributed by atoms with van der Waals surface area (Å²) in [6, 6.07) is 0. The Balaban J connectivity index is 0.000000411. The normalized spacial score (nSPS) is 17.5. The van der Waals surface area contributed by atoms with E-state index in [1.807, 2.05) is 0 Å². The molecule has 1 fully saturated rings. The third-order valence-corrected chi connectivity index (χ3v) is 2.46. The number of hydrogen-bond donors (Lipinski definition) is 2. The van der Waals surface area contributed by atoms with E-state index >= 15 is 0 Å². The van der Waals surface area contributed by atoms with Gasteiger partial charge < -0.3 is 14.9 Å². The van der Waals surface area contributed by atoms with Crippen LogP contribution in [-0.4, -0.2) is 34.9 Å². The average molecular weight is 256 g/mol. The molecule has 1 rings (SSSR count).